The summed E-state index contributed by atoms with van der Waals surface area (Å²) < 4.78 is 30.4. The van der Waals surface area contributed by atoms with Crippen LogP contribution < -0.4 is 4.74 Å². The van der Waals surface area contributed by atoms with Gasteiger partial charge in [-0.15, -0.1) is 0 Å². The fraction of sp³-hybridized carbons (Fsp3) is 0.571. The predicted molar refractivity (Wildman–Crippen MR) is 77.3 cm³/mol. The van der Waals surface area contributed by atoms with Gasteiger partial charge >= 0.3 is 0 Å². The van der Waals surface area contributed by atoms with Crippen LogP contribution in [0.15, 0.2) is 24.3 Å². The second-order valence-electron chi connectivity index (χ2n) is 5.39. The van der Waals surface area contributed by atoms with Crippen LogP contribution in [0.25, 0.3) is 0 Å². The average molecular weight is 296 g/mol. The predicted octanol–water partition coefficient (Wildman–Crippen LogP) is 1.09. The highest BCUT2D eigenvalue weighted by molar-refractivity contribution is 7.88. The summed E-state index contributed by atoms with van der Waals surface area (Å²) in [4.78, 5) is 2.38. The van der Waals surface area contributed by atoms with Gasteiger partial charge in [-0.2, -0.15) is 4.31 Å². The van der Waals surface area contributed by atoms with Crippen LogP contribution in [-0.2, 0) is 10.0 Å². The number of piperazine rings is 1. The van der Waals surface area contributed by atoms with Gasteiger partial charge in [0.05, 0.1) is 12.9 Å². The summed E-state index contributed by atoms with van der Waals surface area (Å²) in [6, 6.07) is 8.49. The first-order valence-corrected chi connectivity index (χ1v) is 8.81. The van der Waals surface area contributed by atoms with Crippen molar-refractivity contribution < 1.29 is 13.2 Å². The fourth-order valence-corrected chi connectivity index (χ4v) is 3.88. The summed E-state index contributed by atoms with van der Waals surface area (Å²) in [5.74, 6) is 0.967. The molecule has 2 aliphatic rings. The monoisotopic (exact) mass is 296 g/mol. The largest absolute Gasteiger partial charge is 0.493 e. The van der Waals surface area contributed by atoms with Gasteiger partial charge in [-0.1, -0.05) is 18.2 Å². The first-order chi connectivity index (χ1) is 9.55. The van der Waals surface area contributed by atoms with Crippen molar-refractivity contribution in [3.8, 4) is 5.75 Å². The zero-order valence-corrected chi connectivity index (χ0v) is 12.5. The maximum absolute atomic E-state index is 11.6. The zero-order chi connectivity index (χ0) is 14.2. The number of nitrogens with zero attached hydrogens (tertiary/aromatic N) is 2. The van der Waals surface area contributed by atoms with Gasteiger partial charge in [-0.3, -0.25) is 4.90 Å². The second kappa shape index (κ2) is 5.35. The molecule has 0 N–H and O–H groups in total. The SMILES string of the molecule is CS(=O)(=O)N1CCN(C2CCOc3ccccc32)CC1. The number of sulfonamides is 1. The van der Waals surface area contributed by atoms with Crippen LogP contribution in [0.4, 0.5) is 0 Å². The molecule has 1 atom stereocenters. The lowest BCUT2D eigenvalue weighted by Gasteiger charge is -2.40. The summed E-state index contributed by atoms with van der Waals surface area (Å²) >= 11 is 0. The molecule has 0 bridgehead atoms. The molecule has 1 aromatic carbocycles. The standard InChI is InChI=1S/C14H20N2O3S/c1-20(17,18)16-9-7-15(8-10-16)13-6-11-19-14-5-3-2-4-12(13)14/h2-5,13H,6-11H2,1H3. The number of benzene rings is 1. The van der Waals surface area contributed by atoms with E-state index in [1.165, 1.54) is 11.8 Å². The van der Waals surface area contributed by atoms with Crippen molar-refractivity contribution in [1.82, 2.24) is 9.21 Å². The third-order valence-corrected chi connectivity index (χ3v) is 5.41. The van der Waals surface area contributed by atoms with E-state index in [1.807, 2.05) is 18.2 Å². The molecule has 0 radical (unpaired) electrons. The van der Waals surface area contributed by atoms with Gasteiger partial charge < -0.3 is 4.74 Å². The van der Waals surface area contributed by atoms with E-state index >= 15 is 0 Å². The van der Waals surface area contributed by atoms with Crippen molar-refractivity contribution in [2.45, 2.75) is 12.5 Å². The normalized spacial score (nSPS) is 24.9. The molecule has 110 valence electrons. The molecule has 6 heteroatoms. The topological polar surface area (TPSA) is 49.9 Å². The minimum absolute atomic E-state index is 0.349. The molecule has 1 unspecified atom stereocenters. The Bertz CT molecular complexity index is 580. The van der Waals surface area contributed by atoms with Crippen molar-refractivity contribution in [1.29, 1.82) is 0 Å². The smallest absolute Gasteiger partial charge is 0.211 e. The Hall–Kier alpha value is -1.11. The Kier molecular flexibility index (Phi) is 3.70. The maximum Gasteiger partial charge on any atom is 0.211 e. The molecule has 0 spiro atoms. The molecule has 0 aromatic heterocycles. The third-order valence-electron chi connectivity index (χ3n) is 4.11. The van der Waals surface area contributed by atoms with E-state index in [0.717, 1.165) is 31.9 Å². The van der Waals surface area contributed by atoms with Crippen LogP contribution in [0, 0.1) is 0 Å². The Balaban J connectivity index is 1.74. The molecular weight excluding hydrogens is 276 g/mol. The molecule has 2 heterocycles. The quantitative estimate of drug-likeness (QED) is 0.820. The van der Waals surface area contributed by atoms with Crippen molar-refractivity contribution in [2.24, 2.45) is 0 Å². The molecule has 1 fully saturated rings. The fourth-order valence-electron chi connectivity index (χ4n) is 3.05. The molecule has 1 saturated heterocycles. The molecular formula is C14H20N2O3S. The number of ether oxygens (including phenoxy) is 1. The third kappa shape index (κ3) is 2.68. The Morgan fingerprint density at radius 3 is 2.55 bits per heavy atom. The molecule has 2 aliphatic heterocycles. The first-order valence-electron chi connectivity index (χ1n) is 6.96. The number of para-hydroxylation sites is 1. The molecule has 0 amide bonds. The average Bonchev–Trinajstić information content (AvgIpc) is 2.46. The lowest BCUT2D eigenvalue weighted by molar-refractivity contribution is 0.103. The van der Waals surface area contributed by atoms with Crippen molar-refractivity contribution >= 4 is 10.0 Å². The van der Waals surface area contributed by atoms with Gasteiger partial charge in [-0.25, -0.2) is 8.42 Å². The summed E-state index contributed by atoms with van der Waals surface area (Å²) in [6.07, 6.45) is 2.25. The van der Waals surface area contributed by atoms with Crippen LogP contribution in [0.3, 0.4) is 0 Å². The second-order valence-corrected chi connectivity index (χ2v) is 7.37. The highest BCUT2D eigenvalue weighted by Crippen LogP contribution is 2.36. The van der Waals surface area contributed by atoms with Gasteiger partial charge in [-0.05, 0) is 6.07 Å². The van der Waals surface area contributed by atoms with E-state index < -0.39 is 10.0 Å². The Labute approximate surface area is 120 Å². The Morgan fingerprint density at radius 1 is 1.15 bits per heavy atom. The summed E-state index contributed by atoms with van der Waals surface area (Å²) in [6.45, 7) is 3.46. The summed E-state index contributed by atoms with van der Waals surface area (Å²) in [7, 11) is -3.06. The minimum Gasteiger partial charge on any atom is -0.493 e. The van der Waals surface area contributed by atoms with Crippen molar-refractivity contribution in [3.05, 3.63) is 29.8 Å². The highest BCUT2D eigenvalue weighted by atomic mass is 32.2. The highest BCUT2D eigenvalue weighted by Gasteiger charge is 2.31. The van der Waals surface area contributed by atoms with Gasteiger partial charge in [0, 0.05) is 44.2 Å². The van der Waals surface area contributed by atoms with Gasteiger partial charge in [0.1, 0.15) is 5.75 Å². The van der Waals surface area contributed by atoms with Crippen LogP contribution in [-0.4, -0.2) is 56.7 Å². The van der Waals surface area contributed by atoms with E-state index in [1.54, 1.807) is 4.31 Å². The zero-order valence-electron chi connectivity index (χ0n) is 11.7. The number of hydrogen-bond acceptors (Lipinski definition) is 4. The van der Waals surface area contributed by atoms with E-state index in [4.69, 9.17) is 4.74 Å². The number of hydrogen-bond donors (Lipinski definition) is 0. The van der Waals surface area contributed by atoms with Crippen LogP contribution in [0.1, 0.15) is 18.0 Å². The molecule has 1 aromatic rings. The van der Waals surface area contributed by atoms with Gasteiger partial charge in [0.15, 0.2) is 0 Å². The van der Waals surface area contributed by atoms with Gasteiger partial charge in [0.25, 0.3) is 0 Å². The van der Waals surface area contributed by atoms with Gasteiger partial charge in [0.2, 0.25) is 10.0 Å². The number of fused-ring (bicyclic) bond motifs is 1. The van der Waals surface area contributed by atoms with Crippen LogP contribution >= 0.6 is 0 Å². The van der Waals surface area contributed by atoms with E-state index in [-0.39, 0.29) is 0 Å². The van der Waals surface area contributed by atoms with E-state index in [9.17, 15) is 8.42 Å². The summed E-state index contributed by atoms with van der Waals surface area (Å²) in [5.41, 5.74) is 1.23. The van der Waals surface area contributed by atoms with Crippen LogP contribution in [0.5, 0.6) is 5.75 Å². The molecule has 20 heavy (non-hydrogen) atoms. The minimum atomic E-state index is -3.06. The molecule has 5 nitrogen and oxygen atoms in total. The summed E-state index contributed by atoms with van der Waals surface area (Å²) in [5, 5.41) is 0. The Morgan fingerprint density at radius 2 is 1.85 bits per heavy atom. The maximum atomic E-state index is 11.6. The lowest BCUT2D eigenvalue weighted by atomic mass is 9.98. The molecule has 0 aliphatic carbocycles. The molecule has 0 saturated carbocycles. The lowest BCUT2D eigenvalue weighted by Crippen LogP contribution is -2.49. The molecule has 3 rings (SSSR count). The van der Waals surface area contributed by atoms with Crippen molar-refractivity contribution in [2.75, 3.05) is 39.0 Å². The van der Waals surface area contributed by atoms with Crippen molar-refractivity contribution in [3.63, 3.8) is 0 Å². The first kappa shape index (κ1) is 13.9. The number of rotatable bonds is 2. The van der Waals surface area contributed by atoms with E-state index in [2.05, 4.69) is 11.0 Å². The van der Waals surface area contributed by atoms with E-state index in [0.29, 0.717) is 19.1 Å². The van der Waals surface area contributed by atoms with Crippen LogP contribution in [0.2, 0.25) is 0 Å².